The Labute approximate surface area is 193 Å². The maximum atomic E-state index is 12.5. The third-order valence-electron chi connectivity index (χ3n) is 6.84. The van der Waals surface area contributed by atoms with Crippen LogP contribution in [0.3, 0.4) is 0 Å². The molecular formula is C27H38N4O. The molecule has 0 amide bonds. The second kappa shape index (κ2) is 12.3. The van der Waals surface area contributed by atoms with Gasteiger partial charge in [-0.3, -0.25) is 14.6 Å². The molecule has 5 nitrogen and oxygen atoms in total. The van der Waals surface area contributed by atoms with Gasteiger partial charge >= 0.3 is 0 Å². The van der Waals surface area contributed by atoms with Crippen LogP contribution in [0, 0.1) is 0 Å². The van der Waals surface area contributed by atoms with E-state index >= 15 is 0 Å². The molecule has 32 heavy (non-hydrogen) atoms. The van der Waals surface area contributed by atoms with Crippen LogP contribution in [0.2, 0.25) is 0 Å². The van der Waals surface area contributed by atoms with Gasteiger partial charge < -0.3 is 9.80 Å². The summed E-state index contributed by atoms with van der Waals surface area (Å²) >= 11 is 0. The van der Waals surface area contributed by atoms with E-state index in [1.807, 2.05) is 0 Å². The zero-order valence-electron chi connectivity index (χ0n) is 19.4. The van der Waals surface area contributed by atoms with Crippen LogP contribution in [0.25, 0.3) is 0 Å². The van der Waals surface area contributed by atoms with E-state index in [0.717, 1.165) is 78.5 Å². The largest absolute Gasteiger partial charge is 0.300 e. The van der Waals surface area contributed by atoms with Gasteiger partial charge in [-0.25, -0.2) is 0 Å². The van der Waals surface area contributed by atoms with Crippen molar-refractivity contribution in [3.05, 3.63) is 71.8 Å². The van der Waals surface area contributed by atoms with Crippen molar-refractivity contribution in [1.82, 2.24) is 19.6 Å². The number of hydrogen-bond acceptors (Lipinski definition) is 5. The van der Waals surface area contributed by atoms with Crippen LogP contribution in [0.5, 0.6) is 0 Å². The van der Waals surface area contributed by atoms with Crippen LogP contribution in [0.4, 0.5) is 0 Å². The van der Waals surface area contributed by atoms with Gasteiger partial charge in [0.1, 0.15) is 5.78 Å². The number of piperazine rings is 2. The van der Waals surface area contributed by atoms with Crippen molar-refractivity contribution in [1.29, 1.82) is 0 Å². The predicted octanol–water partition coefficient (Wildman–Crippen LogP) is 2.97. The Hall–Kier alpha value is -2.05. The fourth-order valence-electron chi connectivity index (χ4n) is 4.72. The van der Waals surface area contributed by atoms with Crippen molar-refractivity contribution in [2.24, 2.45) is 0 Å². The Morgan fingerprint density at radius 1 is 0.531 bits per heavy atom. The minimum Gasteiger partial charge on any atom is -0.300 e. The summed E-state index contributed by atoms with van der Waals surface area (Å²) in [6, 6.07) is 21.4. The number of benzene rings is 2. The first kappa shape index (κ1) is 23.1. The molecule has 2 aliphatic rings. The summed E-state index contributed by atoms with van der Waals surface area (Å²) in [5.41, 5.74) is 2.77. The van der Waals surface area contributed by atoms with Gasteiger partial charge in [0.2, 0.25) is 0 Å². The Balaban J connectivity index is 1.06. The predicted molar refractivity (Wildman–Crippen MR) is 131 cm³/mol. The van der Waals surface area contributed by atoms with Crippen molar-refractivity contribution in [3.63, 3.8) is 0 Å². The number of carbonyl (C=O) groups excluding carboxylic acids is 1. The molecular weight excluding hydrogens is 396 g/mol. The summed E-state index contributed by atoms with van der Waals surface area (Å²) in [6.45, 7) is 12.6. The Morgan fingerprint density at radius 3 is 1.25 bits per heavy atom. The lowest BCUT2D eigenvalue weighted by molar-refractivity contribution is -0.119. The molecule has 2 aromatic rings. The molecule has 0 aliphatic carbocycles. The molecule has 2 heterocycles. The monoisotopic (exact) mass is 434 g/mol. The number of nitrogens with zero attached hydrogens (tertiary/aromatic N) is 4. The molecule has 2 aliphatic heterocycles. The molecule has 0 bridgehead atoms. The van der Waals surface area contributed by atoms with Crippen LogP contribution in [-0.2, 0) is 17.9 Å². The number of rotatable bonds is 10. The zero-order valence-corrected chi connectivity index (χ0v) is 19.4. The molecule has 0 unspecified atom stereocenters. The van der Waals surface area contributed by atoms with Gasteiger partial charge in [0, 0.05) is 91.4 Å². The molecule has 2 fully saturated rings. The molecule has 2 aromatic carbocycles. The van der Waals surface area contributed by atoms with Gasteiger partial charge in [-0.2, -0.15) is 0 Å². The van der Waals surface area contributed by atoms with Crippen molar-refractivity contribution >= 4 is 5.78 Å². The van der Waals surface area contributed by atoms with Crippen molar-refractivity contribution in [2.45, 2.75) is 25.9 Å². The van der Waals surface area contributed by atoms with E-state index in [9.17, 15) is 4.79 Å². The standard InChI is InChI=1S/C27H38N4O/c32-27(11-13-28-15-19-30(20-16-28)23-25-7-3-1-4-8-25)12-14-29-17-21-31(22-18-29)24-26-9-5-2-6-10-26/h1-10H,11-24H2. The molecule has 172 valence electrons. The highest BCUT2D eigenvalue weighted by Crippen LogP contribution is 2.11. The third-order valence-corrected chi connectivity index (χ3v) is 6.84. The molecule has 0 radical (unpaired) electrons. The van der Waals surface area contributed by atoms with E-state index in [0.29, 0.717) is 18.6 Å². The normalized spacial score (nSPS) is 19.2. The van der Waals surface area contributed by atoms with Crippen molar-refractivity contribution in [2.75, 3.05) is 65.4 Å². The lowest BCUT2D eigenvalue weighted by Crippen LogP contribution is -2.47. The fourth-order valence-corrected chi connectivity index (χ4v) is 4.72. The highest BCUT2D eigenvalue weighted by Gasteiger charge is 2.19. The van der Waals surface area contributed by atoms with Crippen molar-refractivity contribution in [3.8, 4) is 0 Å². The van der Waals surface area contributed by atoms with E-state index in [2.05, 4.69) is 80.3 Å². The zero-order chi connectivity index (χ0) is 22.0. The second-order valence-corrected chi connectivity index (χ2v) is 9.25. The molecule has 0 spiro atoms. The highest BCUT2D eigenvalue weighted by atomic mass is 16.1. The molecule has 0 N–H and O–H groups in total. The van der Waals surface area contributed by atoms with Crippen LogP contribution in [0.15, 0.2) is 60.7 Å². The van der Waals surface area contributed by atoms with E-state index in [4.69, 9.17) is 0 Å². The first-order valence-electron chi connectivity index (χ1n) is 12.2. The minimum atomic E-state index is 0.420. The lowest BCUT2D eigenvalue weighted by atomic mass is 10.1. The van der Waals surface area contributed by atoms with Gasteiger partial charge in [-0.1, -0.05) is 60.7 Å². The summed E-state index contributed by atoms with van der Waals surface area (Å²) in [4.78, 5) is 22.4. The number of Topliss-reactive ketones (excluding diaryl/α,β-unsaturated/α-hetero) is 1. The highest BCUT2D eigenvalue weighted by molar-refractivity contribution is 5.78. The van der Waals surface area contributed by atoms with E-state index in [1.165, 1.54) is 11.1 Å². The van der Waals surface area contributed by atoms with Gasteiger partial charge in [0.25, 0.3) is 0 Å². The summed E-state index contributed by atoms with van der Waals surface area (Å²) in [5.74, 6) is 0.420. The molecule has 5 heteroatoms. The summed E-state index contributed by atoms with van der Waals surface area (Å²) in [5, 5.41) is 0. The maximum absolute atomic E-state index is 12.5. The van der Waals surface area contributed by atoms with E-state index in [-0.39, 0.29) is 0 Å². The average Bonchev–Trinajstić information content (AvgIpc) is 2.84. The first-order chi connectivity index (χ1) is 15.7. The fraction of sp³-hybridized carbons (Fsp3) is 0.519. The van der Waals surface area contributed by atoms with Crippen molar-refractivity contribution < 1.29 is 4.79 Å². The molecule has 0 atom stereocenters. The number of ketones is 1. The average molecular weight is 435 g/mol. The third kappa shape index (κ3) is 7.52. The van der Waals surface area contributed by atoms with Gasteiger partial charge in [0.05, 0.1) is 0 Å². The van der Waals surface area contributed by atoms with E-state index in [1.54, 1.807) is 0 Å². The van der Waals surface area contributed by atoms with Gasteiger partial charge in [-0.05, 0) is 11.1 Å². The molecule has 4 rings (SSSR count). The lowest BCUT2D eigenvalue weighted by Gasteiger charge is -2.35. The smallest absolute Gasteiger partial charge is 0.135 e. The second-order valence-electron chi connectivity index (χ2n) is 9.25. The van der Waals surface area contributed by atoms with Gasteiger partial charge in [0.15, 0.2) is 0 Å². The van der Waals surface area contributed by atoms with E-state index < -0.39 is 0 Å². The van der Waals surface area contributed by atoms with Crippen LogP contribution >= 0.6 is 0 Å². The SMILES string of the molecule is O=C(CCN1CCN(Cc2ccccc2)CC1)CCN1CCN(Cc2ccccc2)CC1. The summed E-state index contributed by atoms with van der Waals surface area (Å²) < 4.78 is 0. The summed E-state index contributed by atoms with van der Waals surface area (Å²) in [7, 11) is 0. The molecule has 0 saturated carbocycles. The van der Waals surface area contributed by atoms with Crippen LogP contribution in [-0.4, -0.2) is 90.8 Å². The first-order valence-corrected chi connectivity index (χ1v) is 12.2. The summed E-state index contributed by atoms with van der Waals surface area (Å²) in [6.07, 6.45) is 1.40. The Bertz CT molecular complexity index is 729. The molecule has 2 saturated heterocycles. The Kier molecular flexibility index (Phi) is 8.86. The number of carbonyl (C=O) groups is 1. The molecule has 0 aromatic heterocycles. The maximum Gasteiger partial charge on any atom is 0.135 e. The van der Waals surface area contributed by atoms with Gasteiger partial charge in [-0.15, -0.1) is 0 Å². The number of hydrogen-bond donors (Lipinski definition) is 0. The topological polar surface area (TPSA) is 30.0 Å². The Morgan fingerprint density at radius 2 is 0.875 bits per heavy atom. The van der Waals surface area contributed by atoms with Crippen LogP contribution in [0.1, 0.15) is 24.0 Å². The quantitative estimate of drug-likeness (QED) is 0.574. The minimum absolute atomic E-state index is 0.420. The van der Waals surface area contributed by atoms with Crippen LogP contribution < -0.4 is 0 Å².